The minimum absolute atomic E-state index is 0.0884. The summed E-state index contributed by atoms with van der Waals surface area (Å²) in [6, 6.07) is 14.5. The SMILES string of the molecule is Cc1ccccc1-c1ccc(C(=O)[N+]2(C(=O)O)CC(O)C[C@H]2C)cc1. The first-order valence-electron chi connectivity index (χ1n) is 8.36. The van der Waals surface area contributed by atoms with Crippen LogP contribution in [0.3, 0.4) is 0 Å². The number of amides is 2. The largest absolute Gasteiger partial charge is 0.521 e. The minimum atomic E-state index is -1.21. The summed E-state index contributed by atoms with van der Waals surface area (Å²) < 4.78 is -0.745. The monoisotopic (exact) mass is 340 g/mol. The predicted octanol–water partition coefficient (Wildman–Crippen LogP) is 3.45. The summed E-state index contributed by atoms with van der Waals surface area (Å²) in [5, 5.41) is 19.6. The van der Waals surface area contributed by atoms with Crippen LogP contribution in [0.1, 0.15) is 29.3 Å². The van der Waals surface area contributed by atoms with Crippen molar-refractivity contribution >= 4 is 12.0 Å². The van der Waals surface area contributed by atoms with E-state index < -0.39 is 28.6 Å². The van der Waals surface area contributed by atoms with Crippen molar-refractivity contribution < 1.29 is 24.3 Å². The lowest BCUT2D eigenvalue weighted by Gasteiger charge is -2.29. The maximum absolute atomic E-state index is 13.0. The number of hydrogen-bond donors (Lipinski definition) is 2. The fourth-order valence-electron chi connectivity index (χ4n) is 3.72. The van der Waals surface area contributed by atoms with Crippen LogP contribution in [0.15, 0.2) is 48.5 Å². The van der Waals surface area contributed by atoms with E-state index in [1.54, 1.807) is 19.1 Å². The van der Waals surface area contributed by atoms with Gasteiger partial charge in [0, 0.05) is 6.42 Å². The number of carboxylic acid groups (broad SMARTS) is 1. The van der Waals surface area contributed by atoms with Crippen LogP contribution in [-0.2, 0) is 0 Å². The van der Waals surface area contributed by atoms with E-state index in [2.05, 4.69) is 0 Å². The number of aliphatic hydroxyl groups is 1. The summed E-state index contributed by atoms with van der Waals surface area (Å²) >= 11 is 0. The Morgan fingerprint density at radius 3 is 2.24 bits per heavy atom. The van der Waals surface area contributed by atoms with E-state index in [9.17, 15) is 19.8 Å². The third-order valence-corrected chi connectivity index (χ3v) is 5.16. The van der Waals surface area contributed by atoms with Crippen molar-refractivity contribution in [1.29, 1.82) is 0 Å². The molecule has 0 aromatic heterocycles. The van der Waals surface area contributed by atoms with Gasteiger partial charge in [-0.3, -0.25) is 0 Å². The Morgan fingerprint density at radius 1 is 1.08 bits per heavy atom. The van der Waals surface area contributed by atoms with Crippen molar-refractivity contribution in [2.24, 2.45) is 0 Å². The molecule has 2 amide bonds. The lowest BCUT2D eigenvalue weighted by atomic mass is 9.99. The molecule has 0 spiro atoms. The standard InChI is InChI=1S/C20H21NO4/c1-13-5-3-4-6-18(13)15-7-9-16(10-8-15)19(23)21(20(24)25)12-17(22)11-14(21)2/h3-10,14,17,22H,11-12H2,1-2H3/p+1/t14-,17?,21?/m1/s1. The van der Waals surface area contributed by atoms with E-state index in [4.69, 9.17) is 0 Å². The fraction of sp³-hybridized carbons (Fsp3) is 0.300. The number of aryl methyl sites for hydroxylation is 1. The van der Waals surface area contributed by atoms with Gasteiger partial charge in [0.2, 0.25) is 0 Å². The number of nitrogens with zero attached hydrogens (tertiary/aromatic N) is 1. The molecule has 25 heavy (non-hydrogen) atoms. The highest BCUT2D eigenvalue weighted by Gasteiger charge is 2.56. The average molecular weight is 340 g/mol. The Kier molecular flexibility index (Phi) is 4.45. The molecule has 2 unspecified atom stereocenters. The first-order valence-corrected chi connectivity index (χ1v) is 8.36. The number of imide groups is 1. The summed E-state index contributed by atoms with van der Waals surface area (Å²) in [6.45, 7) is 3.63. The molecule has 3 atom stereocenters. The number of likely N-dealkylation sites (tertiary alicyclic amines) is 1. The van der Waals surface area contributed by atoms with E-state index in [1.165, 1.54) is 0 Å². The number of aliphatic hydroxyl groups excluding tert-OH is 1. The van der Waals surface area contributed by atoms with Gasteiger partial charge in [0.05, 0.1) is 5.56 Å². The Hall–Kier alpha value is -2.50. The van der Waals surface area contributed by atoms with Gasteiger partial charge < -0.3 is 10.2 Å². The molecule has 1 heterocycles. The van der Waals surface area contributed by atoms with Gasteiger partial charge in [-0.1, -0.05) is 36.4 Å². The molecular formula is C20H22NO4+. The van der Waals surface area contributed by atoms with Gasteiger partial charge in [-0.05, 0) is 42.7 Å². The molecular weight excluding hydrogens is 318 g/mol. The number of benzene rings is 2. The fourth-order valence-corrected chi connectivity index (χ4v) is 3.72. The highest BCUT2D eigenvalue weighted by Crippen LogP contribution is 2.31. The highest BCUT2D eigenvalue weighted by atomic mass is 16.4. The number of quaternary nitrogens is 1. The normalized spacial score (nSPS) is 25.7. The molecule has 0 radical (unpaired) electrons. The van der Waals surface area contributed by atoms with Gasteiger partial charge >= 0.3 is 12.0 Å². The van der Waals surface area contributed by atoms with E-state index in [0.29, 0.717) is 12.0 Å². The first-order chi connectivity index (χ1) is 11.9. The van der Waals surface area contributed by atoms with E-state index in [1.807, 2.05) is 43.3 Å². The lowest BCUT2D eigenvalue weighted by molar-refractivity contribution is -0.787. The molecule has 5 heteroatoms. The van der Waals surface area contributed by atoms with Gasteiger partial charge in [-0.2, -0.15) is 9.28 Å². The van der Waals surface area contributed by atoms with E-state index in [-0.39, 0.29) is 6.54 Å². The third-order valence-electron chi connectivity index (χ3n) is 5.16. The van der Waals surface area contributed by atoms with Gasteiger partial charge in [-0.25, -0.2) is 4.79 Å². The first kappa shape index (κ1) is 17.3. The van der Waals surface area contributed by atoms with Gasteiger partial charge in [-0.15, -0.1) is 0 Å². The van der Waals surface area contributed by atoms with Crippen molar-refractivity contribution in [2.75, 3.05) is 6.54 Å². The van der Waals surface area contributed by atoms with Crippen LogP contribution in [0, 0.1) is 6.92 Å². The number of rotatable bonds is 2. The smallest absolute Gasteiger partial charge is 0.435 e. The summed E-state index contributed by atoms with van der Waals surface area (Å²) in [5.41, 5.74) is 3.53. The molecule has 130 valence electrons. The second-order valence-corrected chi connectivity index (χ2v) is 6.77. The Bertz CT molecular complexity index is 815. The summed E-state index contributed by atoms with van der Waals surface area (Å²) in [6.07, 6.45) is -1.68. The quantitative estimate of drug-likeness (QED) is 0.821. The Balaban J connectivity index is 1.95. The molecule has 1 aliphatic rings. The van der Waals surface area contributed by atoms with Crippen LogP contribution in [0.5, 0.6) is 0 Å². The number of carbonyl (C=O) groups excluding carboxylic acids is 1. The Labute approximate surface area is 146 Å². The lowest BCUT2D eigenvalue weighted by Crippen LogP contribution is -2.59. The second-order valence-electron chi connectivity index (χ2n) is 6.77. The zero-order chi connectivity index (χ0) is 18.2. The topological polar surface area (TPSA) is 74.6 Å². The molecule has 5 nitrogen and oxygen atoms in total. The van der Waals surface area contributed by atoms with E-state index in [0.717, 1.165) is 16.7 Å². The van der Waals surface area contributed by atoms with Crippen molar-refractivity contribution in [3.63, 3.8) is 0 Å². The summed E-state index contributed by atoms with van der Waals surface area (Å²) in [5.74, 6) is -0.479. The van der Waals surface area contributed by atoms with Gasteiger partial charge in [0.25, 0.3) is 0 Å². The summed E-state index contributed by atoms with van der Waals surface area (Å²) in [4.78, 5) is 24.8. The van der Waals surface area contributed by atoms with Crippen molar-refractivity contribution in [3.8, 4) is 11.1 Å². The van der Waals surface area contributed by atoms with Crippen LogP contribution < -0.4 is 0 Å². The molecule has 2 aromatic carbocycles. The van der Waals surface area contributed by atoms with Gasteiger partial charge in [0.1, 0.15) is 18.7 Å². The third kappa shape index (κ3) is 2.86. The number of carbonyl (C=O) groups is 2. The zero-order valence-electron chi connectivity index (χ0n) is 14.3. The molecule has 1 aliphatic heterocycles. The minimum Gasteiger partial charge on any atom is -0.435 e. The van der Waals surface area contributed by atoms with Crippen LogP contribution in [0.2, 0.25) is 0 Å². The molecule has 2 N–H and O–H groups in total. The van der Waals surface area contributed by atoms with Crippen molar-refractivity contribution in [3.05, 3.63) is 59.7 Å². The van der Waals surface area contributed by atoms with Crippen molar-refractivity contribution in [2.45, 2.75) is 32.4 Å². The van der Waals surface area contributed by atoms with Crippen LogP contribution in [-0.4, -0.2) is 45.4 Å². The molecule has 0 aliphatic carbocycles. The molecule has 1 fully saturated rings. The van der Waals surface area contributed by atoms with Crippen molar-refractivity contribution in [1.82, 2.24) is 0 Å². The van der Waals surface area contributed by atoms with Gasteiger partial charge in [0.15, 0.2) is 0 Å². The second kappa shape index (κ2) is 6.43. The molecule has 0 bridgehead atoms. The number of hydrogen-bond acceptors (Lipinski definition) is 3. The highest BCUT2D eigenvalue weighted by molar-refractivity contribution is 5.95. The summed E-state index contributed by atoms with van der Waals surface area (Å²) in [7, 11) is 0. The molecule has 0 saturated carbocycles. The van der Waals surface area contributed by atoms with Crippen LogP contribution in [0.25, 0.3) is 11.1 Å². The van der Waals surface area contributed by atoms with E-state index >= 15 is 0 Å². The maximum atomic E-state index is 13.0. The maximum Gasteiger partial charge on any atom is 0.521 e. The molecule has 1 saturated heterocycles. The Morgan fingerprint density at radius 2 is 1.72 bits per heavy atom. The van der Waals surface area contributed by atoms with Crippen LogP contribution in [0.4, 0.5) is 4.79 Å². The zero-order valence-corrected chi connectivity index (χ0v) is 14.3. The van der Waals surface area contributed by atoms with Crippen LogP contribution >= 0.6 is 0 Å². The predicted molar refractivity (Wildman–Crippen MR) is 94.2 cm³/mol. The average Bonchev–Trinajstić information content (AvgIpc) is 2.90. The molecule has 2 aromatic rings. The molecule has 3 rings (SSSR count).